The van der Waals surface area contributed by atoms with Crippen molar-refractivity contribution in [3.63, 3.8) is 0 Å². The highest BCUT2D eigenvalue weighted by molar-refractivity contribution is 6.10. The molecule has 4 heterocycles. The summed E-state index contributed by atoms with van der Waals surface area (Å²) in [5, 5.41) is 11.3. The zero-order valence-corrected chi connectivity index (χ0v) is 26.3. The molecule has 0 fully saturated rings. The number of rotatable bonds is 5. The van der Waals surface area contributed by atoms with Crippen molar-refractivity contribution in [1.29, 1.82) is 0 Å². The Hall–Kier alpha value is -4.31. The first-order valence-electron chi connectivity index (χ1n) is 17.1. The molecule has 6 aliphatic rings. The van der Waals surface area contributed by atoms with Crippen molar-refractivity contribution in [2.45, 2.75) is 70.0 Å². The number of anilines is 2. The van der Waals surface area contributed by atoms with Crippen LogP contribution in [0.1, 0.15) is 62.1 Å². The van der Waals surface area contributed by atoms with Gasteiger partial charge in [-0.25, -0.2) is 0 Å². The third kappa shape index (κ3) is 5.67. The van der Waals surface area contributed by atoms with E-state index in [0.29, 0.717) is 17.9 Å². The van der Waals surface area contributed by atoms with E-state index < -0.39 is 0 Å². The zero-order valence-electron chi connectivity index (χ0n) is 26.3. The third-order valence-corrected chi connectivity index (χ3v) is 10.4. The average Bonchev–Trinajstić information content (AvgIpc) is 3.12. The van der Waals surface area contributed by atoms with Crippen molar-refractivity contribution >= 4 is 22.7 Å². The number of nitrogens with zero attached hydrogens (tertiary/aromatic N) is 1. The van der Waals surface area contributed by atoms with Gasteiger partial charge in [-0.3, -0.25) is 4.99 Å². The summed E-state index contributed by atoms with van der Waals surface area (Å²) in [5.41, 5.74) is 13.2. The van der Waals surface area contributed by atoms with Gasteiger partial charge in [0.15, 0.2) is 0 Å². The Labute approximate surface area is 268 Å². The standard InChI is InChI=1S/C41H44N4/c1-27-12-13-33-18-19-35-36(26-38(32-20-22-42-23-21-32)45-41(35)40(33)43-27)39-25-34(24-37(44-39)31-10-6-3-7-11-31)30-16-14-29(15-17-30)28-8-4-2-5-9-28/h3-4,6-11,14-16,18-20,22,24,26-27,30,32,38-39,42-43,45H,2,5,12-13,17,21,23,25H2,1H3. The Kier molecular flexibility index (Phi) is 7.66. The summed E-state index contributed by atoms with van der Waals surface area (Å²) in [6.45, 7) is 3.32. The van der Waals surface area contributed by atoms with Crippen LogP contribution in [-0.2, 0) is 6.42 Å². The van der Waals surface area contributed by atoms with Gasteiger partial charge in [-0.15, -0.1) is 0 Å². The first kappa shape index (κ1) is 28.2. The van der Waals surface area contributed by atoms with Gasteiger partial charge in [-0.2, -0.15) is 0 Å². The predicted octanol–water partition coefficient (Wildman–Crippen LogP) is 8.70. The lowest BCUT2D eigenvalue weighted by Crippen LogP contribution is -2.36. The number of fused-ring (bicyclic) bond motifs is 3. The minimum Gasteiger partial charge on any atom is -0.391 e. The highest BCUT2D eigenvalue weighted by Crippen LogP contribution is 2.46. The molecule has 3 N–H and O–H groups in total. The van der Waals surface area contributed by atoms with Gasteiger partial charge in [0.25, 0.3) is 0 Å². The molecule has 0 amide bonds. The predicted molar refractivity (Wildman–Crippen MR) is 190 cm³/mol. The Morgan fingerprint density at radius 3 is 2.58 bits per heavy atom. The maximum atomic E-state index is 5.55. The van der Waals surface area contributed by atoms with Gasteiger partial charge in [0.1, 0.15) is 0 Å². The van der Waals surface area contributed by atoms with Gasteiger partial charge in [0.05, 0.1) is 29.2 Å². The van der Waals surface area contributed by atoms with Gasteiger partial charge in [-0.05, 0) is 92.0 Å². The largest absolute Gasteiger partial charge is 0.391 e. The van der Waals surface area contributed by atoms with Crippen LogP contribution >= 0.6 is 0 Å². The Balaban J connectivity index is 1.18. The molecular formula is C41H44N4. The molecule has 228 valence electrons. The van der Waals surface area contributed by atoms with Crippen LogP contribution in [0.3, 0.4) is 0 Å². The van der Waals surface area contributed by atoms with E-state index in [-0.39, 0.29) is 12.1 Å². The van der Waals surface area contributed by atoms with Crippen LogP contribution < -0.4 is 16.0 Å². The summed E-state index contributed by atoms with van der Waals surface area (Å²) < 4.78 is 0. The molecule has 0 aromatic heterocycles. The number of hydrogen-bond acceptors (Lipinski definition) is 4. The molecule has 0 spiro atoms. The summed E-state index contributed by atoms with van der Waals surface area (Å²) in [4.78, 5) is 5.55. The Morgan fingerprint density at radius 2 is 1.78 bits per heavy atom. The SMILES string of the molecule is CC1CCc2ccc3c(c2N1)NC(C1C=CNCC1)C=C3C1CC(C2C=CC(C3=CCCC=C3)=CC2)=CC(c2ccccc2)=N1. The molecule has 0 saturated heterocycles. The van der Waals surface area contributed by atoms with Gasteiger partial charge < -0.3 is 16.0 Å². The van der Waals surface area contributed by atoms with Crippen LogP contribution in [0, 0.1) is 11.8 Å². The van der Waals surface area contributed by atoms with E-state index in [1.165, 1.54) is 56.8 Å². The first-order chi connectivity index (χ1) is 22.2. The molecule has 45 heavy (non-hydrogen) atoms. The number of dihydropyridines is 1. The fourth-order valence-electron chi connectivity index (χ4n) is 7.88. The Bertz CT molecular complexity index is 1710. The molecular weight excluding hydrogens is 548 g/mol. The van der Waals surface area contributed by atoms with Crippen LogP contribution in [0.2, 0.25) is 0 Å². The highest BCUT2D eigenvalue weighted by Gasteiger charge is 2.34. The number of hydrogen-bond donors (Lipinski definition) is 3. The van der Waals surface area contributed by atoms with E-state index in [1.54, 1.807) is 0 Å². The lowest BCUT2D eigenvalue weighted by molar-refractivity contribution is 0.516. The minimum absolute atomic E-state index is 0.0658. The molecule has 5 atom stereocenters. The Morgan fingerprint density at radius 1 is 0.867 bits per heavy atom. The van der Waals surface area contributed by atoms with Crippen molar-refractivity contribution in [2.24, 2.45) is 16.8 Å². The quantitative estimate of drug-likeness (QED) is 0.326. The number of aliphatic imine (C=N–C) groups is 1. The van der Waals surface area contributed by atoms with Crippen molar-refractivity contribution in [2.75, 3.05) is 17.2 Å². The molecule has 0 saturated carbocycles. The number of allylic oxidation sites excluding steroid dienone is 9. The monoisotopic (exact) mass is 592 g/mol. The number of benzene rings is 2. The second-order valence-electron chi connectivity index (χ2n) is 13.5. The van der Waals surface area contributed by atoms with E-state index in [2.05, 4.69) is 126 Å². The van der Waals surface area contributed by atoms with E-state index in [4.69, 9.17) is 4.99 Å². The molecule has 8 rings (SSSR count). The van der Waals surface area contributed by atoms with Crippen LogP contribution in [0.4, 0.5) is 11.4 Å². The molecule has 5 unspecified atom stereocenters. The second-order valence-corrected chi connectivity index (χ2v) is 13.5. The zero-order chi connectivity index (χ0) is 30.2. The van der Waals surface area contributed by atoms with Crippen molar-refractivity contribution in [3.8, 4) is 0 Å². The van der Waals surface area contributed by atoms with Gasteiger partial charge in [-0.1, -0.05) is 96.6 Å². The lowest BCUT2D eigenvalue weighted by Gasteiger charge is -2.38. The van der Waals surface area contributed by atoms with Crippen molar-refractivity contribution in [3.05, 3.63) is 137 Å². The van der Waals surface area contributed by atoms with Crippen LogP contribution in [0.15, 0.2) is 125 Å². The van der Waals surface area contributed by atoms with E-state index in [9.17, 15) is 0 Å². The first-order valence-corrected chi connectivity index (χ1v) is 17.1. The van der Waals surface area contributed by atoms with Crippen molar-refractivity contribution in [1.82, 2.24) is 5.32 Å². The highest BCUT2D eigenvalue weighted by atomic mass is 15.0. The van der Waals surface area contributed by atoms with Crippen LogP contribution in [0.5, 0.6) is 0 Å². The van der Waals surface area contributed by atoms with E-state index in [0.717, 1.165) is 50.8 Å². The summed E-state index contributed by atoms with van der Waals surface area (Å²) in [6, 6.07) is 16.3. The number of nitrogens with one attached hydrogen (secondary N) is 3. The summed E-state index contributed by atoms with van der Waals surface area (Å²) in [6.07, 6.45) is 31.3. The summed E-state index contributed by atoms with van der Waals surface area (Å²) in [7, 11) is 0. The summed E-state index contributed by atoms with van der Waals surface area (Å²) >= 11 is 0. The van der Waals surface area contributed by atoms with E-state index >= 15 is 0 Å². The van der Waals surface area contributed by atoms with Crippen LogP contribution in [-0.4, -0.2) is 30.4 Å². The molecule has 2 aromatic rings. The normalized spacial score (nSPS) is 28.6. The number of aryl methyl sites for hydroxylation is 1. The molecule has 4 heteroatoms. The fourth-order valence-corrected chi connectivity index (χ4v) is 7.88. The lowest BCUT2D eigenvalue weighted by atomic mass is 9.78. The molecule has 4 aliphatic heterocycles. The molecule has 4 nitrogen and oxygen atoms in total. The third-order valence-electron chi connectivity index (χ3n) is 10.4. The second kappa shape index (κ2) is 12.2. The molecule has 0 radical (unpaired) electrons. The smallest absolute Gasteiger partial charge is 0.0798 e. The average molecular weight is 593 g/mol. The molecule has 0 bridgehead atoms. The van der Waals surface area contributed by atoms with E-state index in [1.807, 2.05) is 0 Å². The van der Waals surface area contributed by atoms with Crippen LogP contribution in [0.25, 0.3) is 5.57 Å². The van der Waals surface area contributed by atoms with Crippen molar-refractivity contribution < 1.29 is 0 Å². The summed E-state index contributed by atoms with van der Waals surface area (Å²) in [5.74, 6) is 0.824. The van der Waals surface area contributed by atoms with Gasteiger partial charge in [0.2, 0.25) is 0 Å². The molecule has 2 aromatic carbocycles. The molecule has 2 aliphatic carbocycles. The fraction of sp³-hybridized carbons (Fsp3) is 0.341. The maximum absolute atomic E-state index is 5.55. The topological polar surface area (TPSA) is 48.4 Å². The minimum atomic E-state index is 0.0658. The van der Waals surface area contributed by atoms with Gasteiger partial charge in [0, 0.05) is 30.0 Å². The maximum Gasteiger partial charge on any atom is 0.0798 e. The van der Waals surface area contributed by atoms with Gasteiger partial charge >= 0.3 is 0 Å².